The van der Waals surface area contributed by atoms with E-state index < -0.39 is 17.4 Å². The number of likely N-dealkylation sites (tertiary alicyclic amines) is 2. The van der Waals surface area contributed by atoms with Crippen LogP contribution in [0, 0.1) is 17.3 Å². The number of benzene rings is 1. The summed E-state index contributed by atoms with van der Waals surface area (Å²) in [6.45, 7) is 7.75. The Kier molecular flexibility index (Phi) is 6.30. The second-order valence-corrected chi connectivity index (χ2v) is 9.50. The van der Waals surface area contributed by atoms with Gasteiger partial charge in [0, 0.05) is 37.9 Å². The van der Waals surface area contributed by atoms with Gasteiger partial charge < -0.3 is 15.5 Å². The molecule has 2 heterocycles. The maximum atomic E-state index is 13.0. The quantitative estimate of drug-likeness (QED) is 0.843. The number of piperidine rings is 1. The standard InChI is InChI=1S/C23H33N3O3/c1-23(2,3)22(29)25-11-9-17-14-20(27)26(12-10-18(17)15-25)19(21(24)28)13-16-7-5-4-6-8-16/h4-8,17-19H,9-15H2,1-3H3,(H2,24,28)/t17-,18-,19-/m0/s1. The summed E-state index contributed by atoms with van der Waals surface area (Å²) in [6, 6.07) is 9.05. The summed E-state index contributed by atoms with van der Waals surface area (Å²) < 4.78 is 0. The summed E-state index contributed by atoms with van der Waals surface area (Å²) in [5.41, 5.74) is 6.30. The maximum Gasteiger partial charge on any atom is 0.240 e. The maximum absolute atomic E-state index is 13.0. The molecule has 2 fully saturated rings. The molecule has 29 heavy (non-hydrogen) atoms. The van der Waals surface area contributed by atoms with Crippen LogP contribution >= 0.6 is 0 Å². The fourth-order valence-corrected chi connectivity index (χ4v) is 4.64. The molecule has 0 saturated carbocycles. The van der Waals surface area contributed by atoms with Crippen molar-refractivity contribution >= 4 is 17.7 Å². The molecular weight excluding hydrogens is 366 g/mol. The van der Waals surface area contributed by atoms with Crippen LogP contribution in [0.5, 0.6) is 0 Å². The van der Waals surface area contributed by atoms with Crippen molar-refractivity contribution in [2.75, 3.05) is 19.6 Å². The highest BCUT2D eigenvalue weighted by Crippen LogP contribution is 2.34. The monoisotopic (exact) mass is 399 g/mol. The molecule has 6 heteroatoms. The lowest BCUT2D eigenvalue weighted by Crippen LogP contribution is -2.49. The van der Waals surface area contributed by atoms with Crippen LogP contribution in [-0.2, 0) is 20.8 Å². The molecule has 2 saturated heterocycles. The number of carbonyl (C=O) groups is 3. The van der Waals surface area contributed by atoms with E-state index in [0.29, 0.717) is 32.5 Å². The highest BCUT2D eigenvalue weighted by molar-refractivity contribution is 5.87. The largest absolute Gasteiger partial charge is 0.368 e. The van der Waals surface area contributed by atoms with Gasteiger partial charge in [-0.25, -0.2) is 0 Å². The second kappa shape index (κ2) is 8.56. The van der Waals surface area contributed by atoms with Crippen molar-refractivity contribution in [2.24, 2.45) is 23.0 Å². The first-order valence-electron chi connectivity index (χ1n) is 10.6. The molecule has 1 aromatic rings. The number of fused-ring (bicyclic) bond motifs is 1. The molecule has 0 aliphatic carbocycles. The SMILES string of the molecule is CC(C)(C)C(=O)N1CC[C@H]2CC(=O)N([C@@H](Cc3ccccc3)C(N)=O)CC[C@H]2C1. The average molecular weight is 400 g/mol. The third-order valence-corrected chi connectivity index (χ3v) is 6.29. The first kappa shape index (κ1) is 21.3. The smallest absolute Gasteiger partial charge is 0.240 e. The fraction of sp³-hybridized carbons (Fsp3) is 0.609. The fourth-order valence-electron chi connectivity index (χ4n) is 4.64. The molecule has 158 valence electrons. The third-order valence-electron chi connectivity index (χ3n) is 6.29. The van der Waals surface area contributed by atoms with Crippen LogP contribution in [0.3, 0.4) is 0 Å². The molecule has 1 aromatic carbocycles. The third kappa shape index (κ3) is 4.98. The van der Waals surface area contributed by atoms with E-state index in [9.17, 15) is 14.4 Å². The average Bonchev–Trinajstić information content (AvgIpc) is 2.83. The topological polar surface area (TPSA) is 83.7 Å². The number of nitrogens with two attached hydrogens (primary N) is 1. The van der Waals surface area contributed by atoms with Gasteiger partial charge >= 0.3 is 0 Å². The summed E-state index contributed by atoms with van der Waals surface area (Å²) in [4.78, 5) is 41.6. The predicted octanol–water partition coefficient (Wildman–Crippen LogP) is 2.22. The van der Waals surface area contributed by atoms with Crippen molar-refractivity contribution in [2.45, 2.75) is 52.5 Å². The van der Waals surface area contributed by atoms with Crippen molar-refractivity contribution in [3.63, 3.8) is 0 Å². The second-order valence-electron chi connectivity index (χ2n) is 9.50. The Morgan fingerprint density at radius 1 is 1.10 bits per heavy atom. The van der Waals surface area contributed by atoms with Gasteiger partial charge in [0.05, 0.1) is 0 Å². The van der Waals surface area contributed by atoms with E-state index in [2.05, 4.69) is 0 Å². The Bertz CT molecular complexity index is 756. The first-order chi connectivity index (χ1) is 13.7. The zero-order chi connectivity index (χ0) is 21.2. The molecule has 0 spiro atoms. The van der Waals surface area contributed by atoms with E-state index in [1.807, 2.05) is 56.0 Å². The van der Waals surface area contributed by atoms with Gasteiger partial charge in [-0.3, -0.25) is 14.4 Å². The summed E-state index contributed by atoms with van der Waals surface area (Å²) in [5, 5.41) is 0. The van der Waals surface area contributed by atoms with Crippen LogP contribution in [0.2, 0.25) is 0 Å². The Hall–Kier alpha value is -2.37. The molecular formula is C23H33N3O3. The summed E-state index contributed by atoms with van der Waals surface area (Å²) in [6.07, 6.45) is 2.50. The lowest BCUT2D eigenvalue weighted by atomic mass is 9.81. The lowest BCUT2D eigenvalue weighted by Gasteiger charge is -2.40. The van der Waals surface area contributed by atoms with Crippen LogP contribution in [0.25, 0.3) is 0 Å². The van der Waals surface area contributed by atoms with Crippen LogP contribution in [0.1, 0.15) is 45.6 Å². The minimum Gasteiger partial charge on any atom is -0.368 e. The van der Waals surface area contributed by atoms with Crippen LogP contribution in [0.15, 0.2) is 30.3 Å². The van der Waals surface area contributed by atoms with Gasteiger partial charge in [0.25, 0.3) is 0 Å². The molecule has 6 nitrogen and oxygen atoms in total. The van der Waals surface area contributed by atoms with Gasteiger partial charge in [-0.05, 0) is 30.2 Å². The van der Waals surface area contributed by atoms with Crippen LogP contribution < -0.4 is 5.73 Å². The highest BCUT2D eigenvalue weighted by atomic mass is 16.2. The normalized spacial score (nSPS) is 23.9. The van der Waals surface area contributed by atoms with E-state index >= 15 is 0 Å². The van der Waals surface area contributed by atoms with Gasteiger partial charge in [-0.15, -0.1) is 0 Å². The number of nitrogens with zero attached hydrogens (tertiary/aromatic N) is 2. The minimum absolute atomic E-state index is 0.00725. The van der Waals surface area contributed by atoms with Crippen molar-refractivity contribution in [3.8, 4) is 0 Å². The Balaban J connectivity index is 1.72. The Morgan fingerprint density at radius 2 is 1.76 bits per heavy atom. The molecule has 3 rings (SSSR count). The van der Waals surface area contributed by atoms with Gasteiger partial charge in [-0.2, -0.15) is 0 Å². The Morgan fingerprint density at radius 3 is 2.38 bits per heavy atom. The van der Waals surface area contributed by atoms with E-state index in [1.54, 1.807) is 4.90 Å². The van der Waals surface area contributed by atoms with E-state index in [1.165, 1.54) is 0 Å². The number of rotatable bonds is 4. The molecule has 2 aliphatic heterocycles. The molecule has 0 unspecified atom stereocenters. The molecule has 0 radical (unpaired) electrons. The van der Waals surface area contributed by atoms with Gasteiger partial charge in [0.1, 0.15) is 6.04 Å². The molecule has 0 bridgehead atoms. The van der Waals surface area contributed by atoms with E-state index in [0.717, 1.165) is 18.4 Å². The molecule has 2 aliphatic rings. The number of primary amides is 1. The predicted molar refractivity (Wildman–Crippen MR) is 112 cm³/mol. The number of amides is 3. The van der Waals surface area contributed by atoms with Crippen molar-refractivity contribution < 1.29 is 14.4 Å². The lowest BCUT2D eigenvalue weighted by molar-refractivity contribution is -0.142. The van der Waals surface area contributed by atoms with Gasteiger partial charge in [-0.1, -0.05) is 51.1 Å². The first-order valence-corrected chi connectivity index (χ1v) is 10.6. The van der Waals surface area contributed by atoms with Crippen molar-refractivity contribution in [3.05, 3.63) is 35.9 Å². The van der Waals surface area contributed by atoms with E-state index in [-0.39, 0.29) is 23.7 Å². The highest BCUT2D eigenvalue weighted by Gasteiger charge is 2.40. The van der Waals surface area contributed by atoms with Gasteiger partial charge in [0.15, 0.2) is 0 Å². The summed E-state index contributed by atoms with van der Waals surface area (Å²) in [7, 11) is 0. The summed E-state index contributed by atoms with van der Waals surface area (Å²) in [5.74, 6) is 0.267. The van der Waals surface area contributed by atoms with E-state index in [4.69, 9.17) is 5.73 Å². The summed E-state index contributed by atoms with van der Waals surface area (Å²) >= 11 is 0. The molecule has 0 aromatic heterocycles. The van der Waals surface area contributed by atoms with Crippen LogP contribution in [-0.4, -0.2) is 53.2 Å². The molecule has 2 N–H and O–H groups in total. The Labute approximate surface area is 173 Å². The number of hydrogen-bond donors (Lipinski definition) is 1. The number of carbonyl (C=O) groups excluding carboxylic acids is 3. The minimum atomic E-state index is -0.627. The zero-order valence-corrected chi connectivity index (χ0v) is 17.8. The van der Waals surface area contributed by atoms with Crippen molar-refractivity contribution in [1.29, 1.82) is 0 Å². The van der Waals surface area contributed by atoms with Gasteiger partial charge in [0.2, 0.25) is 17.7 Å². The zero-order valence-electron chi connectivity index (χ0n) is 17.8. The van der Waals surface area contributed by atoms with Crippen LogP contribution in [0.4, 0.5) is 0 Å². The molecule has 3 atom stereocenters. The molecule has 3 amide bonds. The number of hydrogen-bond acceptors (Lipinski definition) is 3. The van der Waals surface area contributed by atoms with Crippen molar-refractivity contribution in [1.82, 2.24) is 9.80 Å².